The number of fused-ring (bicyclic) bond motifs is 1. The molecule has 1 fully saturated rings. The van der Waals surface area contributed by atoms with E-state index >= 15 is 0 Å². The van der Waals surface area contributed by atoms with E-state index in [1.54, 1.807) is 11.0 Å². The highest BCUT2D eigenvalue weighted by Crippen LogP contribution is 2.31. The third-order valence-corrected chi connectivity index (χ3v) is 3.83. The van der Waals surface area contributed by atoms with Crippen LogP contribution in [-0.2, 0) is 20.8 Å². The van der Waals surface area contributed by atoms with Gasteiger partial charge in [-0.2, -0.15) is 0 Å². The van der Waals surface area contributed by atoms with Crippen molar-refractivity contribution in [2.24, 2.45) is 11.7 Å². The molecule has 0 bridgehead atoms. The van der Waals surface area contributed by atoms with Crippen LogP contribution in [0.3, 0.4) is 0 Å². The van der Waals surface area contributed by atoms with Crippen molar-refractivity contribution >= 4 is 29.1 Å². The molecule has 6 heteroatoms. The number of carbonyl (C=O) groups is 3. The van der Waals surface area contributed by atoms with Crippen molar-refractivity contribution in [3.05, 3.63) is 23.8 Å². The summed E-state index contributed by atoms with van der Waals surface area (Å²) in [6.45, 7) is 0.306. The molecule has 0 radical (unpaired) electrons. The van der Waals surface area contributed by atoms with Crippen molar-refractivity contribution in [3.8, 4) is 0 Å². The second-order valence-electron chi connectivity index (χ2n) is 5.20. The zero-order valence-electron chi connectivity index (χ0n) is 10.9. The molecule has 20 heavy (non-hydrogen) atoms. The number of nitrogens with zero attached hydrogens (tertiary/aromatic N) is 1. The molecule has 1 unspecified atom stereocenters. The van der Waals surface area contributed by atoms with Gasteiger partial charge in [0.15, 0.2) is 0 Å². The molecular formula is C14H15N3O3. The molecule has 2 heterocycles. The highest BCUT2D eigenvalue weighted by Gasteiger charge is 2.34. The summed E-state index contributed by atoms with van der Waals surface area (Å²) in [6, 6.07) is 5.54. The van der Waals surface area contributed by atoms with E-state index in [2.05, 4.69) is 5.32 Å². The third kappa shape index (κ3) is 2.13. The lowest BCUT2D eigenvalue weighted by atomic mass is 10.0. The number of hydrogen-bond acceptors (Lipinski definition) is 3. The lowest BCUT2D eigenvalue weighted by molar-refractivity contribution is -0.123. The second kappa shape index (κ2) is 4.63. The smallest absolute Gasteiger partial charge is 0.227 e. The number of nitrogens with two attached hydrogens (primary N) is 1. The standard InChI is InChI=1S/C14H15N3O3/c15-14(20)9-5-13(19)17(7-9)10-3-1-8-2-4-12(18)16-11(8)6-10/h1,3,6,9H,2,4-5,7H2,(H2,15,20)(H,16,18). The van der Waals surface area contributed by atoms with E-state index in [4.69, 9.17) is 5.73 Å². The summed E-state index contributed by atoms with van der Waals surface area (Å²) < 4.78 is 0. The SMILES string of the molecule is NC(=O)C1CC(=O)N(c2ccc3c(c2)NC(=O)CC3)C1. The Morgan fingerprint density at radius 1 is 1.30 bits per heavy atom. The number of aryl methyl sites for hydroxylation is 1. The molecule has 3 rings (SSSR count). The first-order valence-electron chi connectivity index (χ1n) is 6.57. The first-order chi connectivity index (χ1) is 9.54. The molecule has 1 atom stereocenters. The van der Waals surface area contributed by atoms with Crippen LogP contribution in [0.5, 0.6) is 0 Å². The maximum absolute atomic E-state index is 12.0. The Bertz CT molecular complexity index is 612. The van der Waals surface area contributed by atoms with Crippen LogP contribution in [0.25, 0.3) is 0 Å². The molecule has 0 saturated carbocycles. The summed E-state index contributed by atoms with van der Waals surface area (Å²) in [5, 5.41) is 2.80. The third-order valence-electron chi connectivity index (χ3n) is 3.83. The van der Waals surface area contributed by atoms with Crippen LogP contribution < -0.4 is 16.0 Å². The normalized spacial score (nSPS) is 21.6. The Balaban J connectivity index is 1.88. The lowest BCUT2D eigenvalue weighted by Gasteiger charge is -2.21. The van der Waals surface area contributed by atoms with E-state index in [-0.39, 0.29) is 18.2 Å². The van der Waals surface area contributed by atoms with E-state index in [1.807, 2.05) is 12.1 Å². The van der Waals surface area contributed by atoms with Gasteiger partial charge in [0.2, 0.25) is 17.7 Å². The molecule has 0 aliphatic carbocycles. The summed E-state index contributed by atoms with van der Waals surface area (Å²) >= 11 is 0. The quantitative estimate of drug-likeness (QED) is 0.817. The molecule has 1 aromatic carbocycles. The minimum atomic E-state index is -0.452. The van der Waals surface area contributed by atoms with Gasteiger partial charge in [-0.25, -0.2) is 0 Å². The van der Waals surface area contributed by atoms with Crippen molar-refractivity contribution in [1.82, 2.24) is 0 Å². The van der Waals surface area contributed by atoms with Crippen molar-refractivity contribution in [2.75, 3.05) is 16.8 Å². The van der Waals surface area contributed by atoms with Crippen LogP contribution in [0.4, 0.5) is 11.4 Å². The summed E-state index contributed by atoms with van der Waals surface area (Å²) in [5.74, 6) is -1.02. The number of rotatable bonds is 2. The summed E-state index contributed by atoms with van der Waals surface area (Å²) in [6.07, 6.45) is 1.34. The fourth-order valence-electron chi connectivity index (χ4n) is 2.68. The topological polar surface area (TPSA) is 92.5 Å². The first-order valence-corrected chi connectivity index (χ1v) is 6.57. The van der Waals surface area contributed by atoms with E-state index in [9.17, 15) is 14.4 Å². The van der Waals surface area contributed by atoms with Gasteiger partial charge in [-0.05, 0) is 24.1 Å². The Hall–Kier alpha value is -2.37. The zero-order chi connectivity index (χ0) is 14.3. The minimum absolute atomic E-state index is 0.0163. The molecule has 2 aliphatic heterocycles. The van der Waals surface area contributed by atoms with Crippen LogP contribution >= 0.6 is 0 Å². The molecule has 3 N–H and O–H groups in total. The van der Waals surface area contributed by atoms with Gasteiger partial charge < -0.3 is 16.0 Å². The van der Waals surface area contributed by atoms with Crippen molar-refractivity contribution in [3.63, 3.8) is 0 Å². The number of primary amides is 1. The first kappa shape index (κ1) is 12.7. The van der Waals surface area contributed by atoms with Crippen LogP contribution in [-0.4, -0.2) is 24.3 Å². The van der Waals surface area contributed by atoms with E-state index in [0.717, 1.165) is 11.3 Å². The molecule has 2 aliphatic rings. The van der Waals surface area contributed by atoms with E-state index < -0.39 is 11.8 Å². The Kier molecular flexibility index (Phi) is 2.93. The van der Waals surface area contributed by atoms with Crippen LogP contribution in [0.15, 0.2) is 18.2 Å². The van der Waals surface area contributed by atoms with Gasteiger partial charge in [-0.15, -0.1) is 0 Å². The van der Waals surface area contributed by atoms with Crippen LogP contribution in [0.2, 0.25) is 0 Å². The van der Waals surface area contributed by atoms with Gasteiger partial charge in [0.25, 0.3) is 0 Å². The molecule has 0 spiro atoms. The molecule has 1 aromatic rings. The predicted octanol–water partition coefficient (Wildman–Crippen LogP) is 0.409. The van der Waals surface area contributed by atoms with Gasteiger partial charge in [-0.1, -0.05) is 6.07 Å². The largest absolute Gasteiger partial charge is 0.369 e. The minimum Gasteiger partial charge on any atom is -0.369 e. The molecule has 1 saturated heterocycles. The summed E-state index contributed by atoms with van der Waals surface area (Å²) in [4.78, 5) is 36.1. The number of benzene rings is 1. The van der Waals surface area contributed by atoms with Crippen molar-refractivity contribution in [2.45, 2.75) is 19.3 Å². The van der Waals surface area contributed by atoms with Crippen LogP contribution in [0.1, 0.15) is 18.4 Å². The fourth-order valence-corrected chi connectivity index (χ4v) is 2.68. The van der Waals surface area contributed by atoms with E-state index in [1.165, 1.54) is 0 Å². The van der Waals surface area contributed by atoms with Gasteiger partial charge >= 0.3 is 0 Å². The Morgan fingerprint density at radius 2 is 2.10 bits per heavy atom. The average Bonchev–Trinajstić information content (AvgIpc) is 2.80. The number of amides is 3. The molecule has 6 nitrogen and oxygen atoms in total. The number of nitrogens with one attached hydrogen (secondary N) is 1. The maximum Gasteiger partial charge on any atom is 0.227 e. The molecule has 3 amide bonds. The molecule has 0 aromatic heterocycles. The second-order valence-corrected chi connectivity index (χ2v) is 5.20. The van der Waals surface area contributed by atoms with E-state index in [0.29, 0.717) is 25.1 Å². The number of hydrogen-bond donors (Lipinski definition) is 2. The highest BCUT2D eigenvalue weighted by atomic mass is 16.2. The van der Waals surface area contributed by atoms with Gasteiger partial charge in [0.1, 0.15) is 0 Å². The molecule has 104 valence electrons. The fraction of sp³-hybridized carbons (Fsp3) is 0.357. The van der Waals surface area contributed by atoms with Crippen molar-refractivity contribution < 1.29 is 14.4 Å². The summed E-state index contributed by atoms with van der Waals surface area (Å²) in [7, 11) is 0. The van der Waals surface area contributed by atoms with Crippen LogP contribution in [0, 0.1) is 5.92 Å². The zero-order valence-corrected chi connectivity index (χ0v) is 10.9. The Morgan fingerprint density at radius 3 is 2.80 bits per heavy atom. The molecular weight excluding hydrogens is 258 g/mol. The van der Waals surface area contributed by atoms with Crippen molar-refractivity contribution in [1.29, 1.82) is 0 Å². The predicted molar refractivity (Wildman–Crippen MR) is 73.0 cm³/mol. The summed E-state index contributed by atoms with van der Waals surface area (Å²) in [5.41, 5.74) is 7.75. The Labute approximate surface area is 115 Å². The lowest BCUT2D eigenvalue weighted by Crippen LogP contribution is -2.28. The highest BCUT2D eigenvalue weighted by molar-refractivity contribution is 6.01. The number of anilines is 2. The average molecular weight is 273 g/mol. The van der Waals surface area contributed by atoms with Gasteiger partial charge in [0, 0.05) is 30.8 Å². The number of carbonyl (C=O) groups excluding carboxylic acids is 3. The monoisotopic (exact) mass is 273 g/mol. The maximum atomic E-state index is 12.0. The van der Waals surface area contributed by atoms with Gasteiger partial charge in [-0.3, -0.25) is 14.4 Å². The van der Waals surface area contributed by atoms with Gasteiger partial charge in [0.05, 0.1) is 5.92 Å².